The van der Waals surface area contributed by atoms with Crippen LogP contribution in [0.15, 0.2) is 0 Å². The number of rotatable bonds is 2. The first-order chi connectivity index (χ1) is 8.04. The minimum atomic E-state index is -0.433. The fourth-order valence-corrected chi connectivity index (χ4v) is 3.09. The smallest absolute Gasteiger partial charge is 0.227 e. The summed E-state index contributed by atoms with van der Waals surface area (Å²) < 4.78 is 0. The summed E-state index contributed by atoms with van der Waals surface area (Å²) in [5.74, 6) is 0.0356. The van der Waals surface area contributed by atoms with Gasteiger partial charge in [-0.05, 0) is 32.6 Å². The van der Waals surface area contributed by atoms with E-state index in [-0.39, 0.29) is 24.1 Å². The number of hydrogen-bond acceptors (Lipinski definition) is 3. The van der Waals surface area contributed by atoms with Gasteiger partial charge in [-0.1, -0.05) is 19.3 Å². The highest BCUT2D eigenvalue weighted by Gasteiger charge is 2.44. The molecule has 4 heteroatoms. The molecular formula is C13H24N2O2. The van der Waals surface area contributed by atoms with Gasteiger partial charge in [0.15, 0.2) is 0 Å². The molecule has 0 heterocycles. The van der Waals surface area contributed by atoms with Crippen LogP contribution in [0.1, 0.15) is 51.9 Å². The summed E-state index contributed by atoms with van der Waals surface area (Å²) in [6, 6.07) is -0.107. The number of carbonyl (C=O) groups is 1. The SMILES string of the molecule is CC1(C(=O)N[C@@H]2CCCC[C@H]2O)CCCC1N. The number of nitrogens with one attached hydrogen (secondary N) is 1. The van der Waals surface area contributed by atoms with Crippen LogP contribution in [0.3, 0.4) is 0 Å². The first-order valence-corrected chi connectivity index (χ1v) is 6.78. The normalized spacial score (nSPS) is 42.4. The zero-order valence-corrected chi connectivity index (χ0v) is 10.6. The number of carbonyl (C=O) groups excluding carboxylic acids is 1. The van der Waals surface area contributed by atoms with Crippen molar-refractivity contribution >= 4 is 5.91 Å². The van der Waals surface area contributed by atoms with Crippen LogP contribution >= 0.6 is 0 Å². The monoisotopic (exact) mass is 240 g/mol. The lowest BCUT2D eigenvalue weighted by molar-refractivity contribution is -0.132. The highest BCUT2D eigenvalue weighted by Crippen LogP contribution is 2.37. The Kier molecular flexibility index (Phi) is 3.73. The van der Waals surface area contributed by atoms with Crippen LogP contribution in [-0.2, 0) is 4.79 Å². The molecule has 4 nitrogen and oxygen atoms in total. The molecule has 2 rings (SSSR count). The molecule has 0 saturated heterocycles. The van der Waals surface area contributed by atoms with E-state index in [9.17, 15) is 9.90 Å². The highest BCUT2D eigenvalue weighted by molar-refractivity contribution is 5.83. The van der Waals surface area contributed by atoms with Gasteiger partial charge in [0.25, 0.3) is 0 Å². The van der Waals surface area contributed by atoms with E-state index >= 15 is 0 Å². The Hall–Kier alpha value is -0.610. The molecule has 0 aliphatic heterocycles. The first kappa shape index (κ1) is 12.8. The molecule has 2 saturated carbocycles. The van der Waals surface area contributed by atoms with Crippen LogP contribution in [-0.4, -0.2) is 29.2 Å². The van der Waals surface area contributed by atoms with Crippen LogP contribution in [0, 0.1) is 5.41 Å². The fourth-order valence-electron chi connectivity index (χ4n) is 3.09. The summed E-state index contributed by atoms with van der Waals surface area (Å²) in [4.78, 5) is 12.3. The van der Waals surface area contributed by atoms with Gasteiger partial charge in [-0.15, -0.1) is 0 Å². The van der Waals surface area contributed by atoms with E-state index in [0.29, 0.717) is 0 Å². The molecule has 2 unspecified atom stereocenters. The van der Waals surface area contributed by atoms with Crippen molar-refractivity contribution in [2.75, 3.05) is 0 Å². The van der Waals surface area contributed by atoms with Gasteiger partial charge in [0.05, 0.1) is 17.6 Å². The lowest BCUT2D eigenvalue weighted by Gasteiger charge is -2.34. The van der Waals surface area contributed by atoms with Crippen molar-refractivity contribution in [2.24, 2.45) is 11.1 Å². The van der Waals surface area contributed by atoms with Gasteiger partial charge < -0.3 is 16.2 Å². The summed E-state index contributed by atoms with van der Waals surface area (Å²) in [5, 5.41) is 12.9. The molecule has 17 heavy (non-hydrogen) atoms. The van der Waals surface area contributed by atoms with E-state index in [1.54, 1.807) is 0 Å². The number of nitrogens with two attached hydrogens (primary N) is 1. The quantitative estimate of drug-likeness (QED) is 0.672. The van der Waals surface area contributed by atoms with Gasteiger partial charge in [0.1, 0.15) is 0 Å². The van der Waals surface area contributed by atoms with Gasteiger partial charge in [-0.3, -0.25) is 4.79 Å². The van der Waals surface area contributed by atoms with Crippen molar-refractivity contribution in [3.8, 4) is 0 Å². The van der Waals surface area contributed by atoms with Gasteiger partial charge >= 0.3 is 0 Å². The Balaban J connectivity index is 1.96. The Labute approximate surface area is 103 Å². The summed E-state index contributed by atoms with van der Waals surface area (Å²) in [7, 11) is 0. The molecule has 98 valence electrons. The minimum Gasteiger partial charge on any atom is -0.391 e. The zero-order valence-electron chi connectivity index (χ0n) is 10.6. The van der Waals surface area contributed by atoms with Crippen LogP contribution in [0.5, 0.6) is 0 Å². The van der Waals surface area contributed by atoms with Crippen molar-refractivity contribution in [2.45, 2.75) is 70.1 Å². The van der Waals surface area contributed by atoms with E-state index < -0.39 is 5.41 Å². The third kappa shape index (κ3) is 2.47. The second-order valence-corrected chi connectivity index (χ2v) is 5.85. The largest absolute Gasteiger partial charge is 0.391 e. The maximum absolute atomic E-state index is 12.3. The second-order valence-electron chi connectivity index (χ2n) is 5.85. The van der Waals surface area contributed by atoms with Crippen LogP contribution in [0.4, 0.5) is 0 Å². The van der Waals surface area contributed by atoms with E-state index in [2.05, 4.69) is 5.32 Å². The Morgan fingerprint density at radius 2 is 2.00 bits per heavy atom. The lowest BCUT2D eigenvalue weighted by Crippen LogP contribution is -2.53. The van der Waals surface area contributed by atoms with Crippen molar-refractivity contribution in [1.82, 2.24) is 5.32 Å². The predicted octanol–water partition coefficient (Wildman–Crippen LogP) is 0.924. The van der Waals surface area contributed by atoms with E-state index in [1.807, 2.05) is 6.92 Å². The molecule has 2 aliphatic carbocycles. The maximum atomic E-state index is 12.3. The molecule has 4 atom stereocenters. The first-order valence-electron chi connectivity index (χ1n) is 6.78. The Morgan fingerprint density at radius 3 is 2.59 bits per heavy atom. The average Bonchev–Trinajstić information content (AvgIpc) is 2.64. The van der Waals surface area contributed by atoms with Gasteiger partial charge in [0, 0.05) is 6.04 Å². The predicted molar refractivity (Wildman–Crippen MR) is 66.3 cm³/mol. The molecule has 0 radical (unpaired) electrons. The molecule has 0 aromatic heterocycles. The van der Waals surface area contributed by atoms with Gasteiger partial charge in [-0.25, -0.2) is 0 Å². The average molecular weight is 240 g/mol. The molecular weight excluding hydrogens is 216 g/mol. The molecule has 1 amide bonds. The van der Waals surface area contributed by atoms with Gasteiger partial charge in [0.2, 0.25) is 5.91 Å². The van der Waals surface area contributed by atoms with Crippen LogP contribution < -0.4 is 11.1 Å². The zero-order chi connectivity index (χ0) is 12.5. The molecule has 0 aromatic carbocycles. The second kappa shape index (κ2) is 4.94. The van der Waals surface area contributed by atoms with Crippen molar-refractivity contribution in [3.63, 3.8) is 0 Å². The minimum absolute atomic E-state index is 0.0356. The summed E-state index contributed by atoms with van der Waals surface area (Å²) in [6.07, 6.45) is 6.27. The van der Waals surface area contributed by atoms with Crippen LogP contribution in [0.25, 0.3) is 0 Å². The molecule has 4 N–H and O–H groups in total. The maximum Gasteiger partial charge on any atom is 0.227 e. The highest BCUT2D eigenvalue weighted by atomic mass is 16.3. The number of aliphatic hydroxyl groups is 1. The number of amides is 1. The third-order valence-electron chi connectivity index (χ3n) is 4.59. The Morgan fingerprint density at radius 1 is 1.29 bits per heavy atom. The topological polar surface area (TPSA) is 75.3 Å². The number of aliphatic hydroxyl groups excluding tert-OH is 1. The Bertz CT molecular complexity index is 295. The third-order valence-corrected chi connectivity index (χ3v) is 4.59. The summed E-state index contributed by atoms with van der Waals surface area (Å²) >= 11 is 0. The van der Waals surface area contributed by atoms with Crippen molar-refractivity contribution in [3.05, 3.63) is 0 Å². The molecule has 2 fully saturated rings. The summed E-state index contributed by atoms with van der Waals surface area (Å²) in [6.45, 7) is 1.95. The molecule has 0 aromatic rings. The summed E-state index contributed by atoms with van der Waals surface area (Å²) in [5.41, 5.74) is 5.60. The van der Waals surface area contributed by atoms with Crippen LogP contribution in [0.2, 0.25) is 0 Å². The molecule has 2 aliphatic rings. The standard InChI is InChI=1S/C13H24N2O2/c1-13(8-4-7-11(13)14)12(17)15-9-5-2-3-6-10(9)16/h9-11,16H,2-8,14H2,1H3,(H,15,17)/t9-,10-,11?,13?/m1/s1. The van der Waals surface area contributed by atoms with Gasteiger partial charge in [-0.2, -0.15) is 0 Å². The fraction of sp³-hybridized carbons (Fsp3) is 0.923. The van der Waals surface area contributed by atoms with E-state index in [4.69, 9.17) is 5.73 Å². The molecule has 0 bridgehead atoms. The van der Waals surface area contributed by atoms with E-state index in [1.165, 1.54) is 0 Å². The van der Waals surface area contributed by atoms with Crippen molar-refractivity contribution < 1.29 is 9.90 Å². The van der Waals surface area contributed by atoms with Crippen molar-refractivity contribution in [1.29, 1.82) is 0 Å². The lowest BCUT2D eigenvalue weighted by atomic mass is 9.83. The number of hydrogen-bond donors (Lipinski definition) is 3. The van der Waals surface area contributed by atoms with E-state index in [0.717, 1.165) is 44.9 Å². The molecule has 0 spiro atoms.